The Hall–Kier alpha value is -4.44. The van der Waals surface area contributed by atoms with E-state index in [1.807, 2.05) is 0 Å². The average molecular weight is 558 g/mol. The normalized spacial score (nSPS) is 19.2. The molecule has 2 atom stereocenters. The van der Waals surface area contributed by atoms with Crippen LogP contribution in [-0.2, 0) is 25.8 Å². The number of nitrogens with one attached hydrogen (secondary N) is 1. The number of β-lactam (4-membered cyclic amide) rings is 1. The van der Waals surface area contributed by atoms with Crippen molar-refractivity contribution < 1.29 is 33.7 Å². The third kappa shape index (κ3) is 4.32. The summed E-state index contributed by atoms with van der Waals surface area (Å²) in [6, 6.07) is 2.37. The van der Waals surface area contributed by atoms with Crippen molar-refractivity contribution in [3.8, 4) is 0 Å². The number of carbonyl (C=O) groups excluding carboxylic acids is 3. The standard InChI is InChI=1S/C22H20N8O6S2/c1-36-27-14(12-9-38-22(24)25-12)18(32)26-15-19(33)30-16(21(34)35)10(8-37-20(15)30)6-28-4-5-29-11(7-28)2-3-13(29)17(23)31/h2-5,7,9,15,20H,6,8H2,1H3,(H5-,23,24,25,26,31,32,34,35)/p+1/b27-14-/t15-,20+/m1/s1. The Morgan fingerprint density at radius 2 is 2.16 bits per heavy atom. The molecule has 16 heteroatoms. The van der Waals surface area contributed by atoms with Crippen molar-refractivity contribution >= 4 is 63.1 Å². The van der Waals surface area contributed by atoms with E-state index in [0.29, 0.717) is 22.5 Å². The summed E-state index contributed by atoms with van der Waals surface area (Å²) in [5.41, 5.74) is 12.5. The number of primary amides is 1. The lowest BCUT2D eigenvalue weighted by atomic mass is 10.0. The van der Waals surface area contributed by atoms with Crippen LogP contribution in [-0.4, -0.2) is 73.1 Å². The first kappa shape index (κ1) is 25.2. The van der Waals surface area contributed by atoms with E-state index in [9.17, 15) is 24.3 Å². The van der Waals surface area contributed by atoms with Gasteiger partial charge in [-0.2, -0.15) is 4.57 Å². The number of amides is 3. The van der Waals surface area contributed by atoms with E-state index in [4.69, 9.17) is 16.3 Å². The minimum Gasteiger partial charge on any atom is -0.477 e. The molecule has 0 aromatic carbocycles. The van der Waals surface area contributed by atoms with Crippen LogP contribution in [0.25, 0.3) is 5.52 Å². The summed E-state index contributed by atoms with van der Waals surface area (Å²) in [4.78, 5) is 59.7. The molecule has 0 radical (unpaired) electrons. The van der Waals surface area contributed by atoms with Gasteiger partial charge in [-0.05, 0) is 12.1 Å². The van der Waals surface area contributed by atoms with Gasteiger partial charge in [0.15, 0.2) is 29.8 Å². The Balaban J connectivity index is 1.36. The molecule has 6 N–H and O–H groups in total. The number of carboxylic acid groups (broad SMARTS) is 1. The predicted molar refractivity (Wildman–Crippen MR) is 136 cm³/mol. The lowest BCUT2D eigenvalue weighted by Crippen LogP contribution is -2.71. The molecular formula is C22H21N8O6S2+. The molecule has 196 valence electrons. The summed E-state index contributed by atoms with van der Waals surface area (Å²) >= 11 is 2.45. The number of fused-ring (bicyclic) bond motifs is 2. The second kappa shape index (κ2) is 9.79. The Bertz CT molecular complexity index is 1560. The van der Waals surface area contributed by atoms with Crippen molar-refractivity contribution in [3.05, 3.63) is 58.8 Å². The highest BCUT2D eigenvalue weighted by molar-refractivity contribution is 8.00. The first-order valence-corrected chi connectivity index (χ1v) is 13.0. The van der Waals surface area contributed by atoms with E-state index in [1.165, 1.54) is 29.2 Å². The molecule has 2 aliphatic rings. The summed E-state index contributed by atoms with van der Waals surface area (Å²) < 4.78 is 3.39. The molecule has 1 saturated heterocycles. The lowest BCUT2D eigenvalue weighted by Gasteiger charge is -2.49. The highest BCUT2D eigenvalue weighted by Gasteiger charge is 2.54. The Morgan fingerprint density at radius 1 is 1.37 bits per heavy atom. The fourth-order valence-corrected chi connectivity index (χ4v) is 6.21. The number of anilines is 1. The first-order valence-electron chi connectivity index (χ1n) is 11.0. The van der Waals surface area contributed by atoms with E-state index in [2.05, 4.69) is 15.5 Å². The zero-order valence-electron chi connectivity index (χ0n) is 19.7. The number of rotatable bonds is 8. The van der Waals surface area contributed by atoms with Crippen LogP contribution in [0.2, 0.25) is 0 Å². The number of oxime groups is 1. The number of carboxylic acids is 1. The van der Waals surface area contributed by atoms with Gasteiger partial charge in [0.25, 0.3) is 17.7 Å². The fraction of sp³-hybridized carbons (Fsp3) is 0.227. The Labute approximate surface area is 222 Å². The minimum absolute atomic E-state index is 0.122. The van der Waals surface area contributed by atoms with E-state index in [-0.39, 0.29) is 28.8 Å². The van der Waals surface area contributed by atoms with E-state index >= 15 is 0 Å². The van der Waals surface area contributed by atoms with Crippen LogP contribution >= 0.6 is 23.1 Å². The molecule has 0 unspecified atom stereocenters. The number of hydrogen-bond acceptors (Lipinski definition) is 10. The van der Waals surface area contributed by atoms with Crippen LogP contribution in [0.5, 0.6) is 0 Å². The van der Waals surface area contributed by atoms with Gasteiger partial charge in [0.2, 0.25) is 0 Å². The van der Waals surface area contributed by atoms with Crippen molar-refractivity contribution in [2.45, 2.75) is 18.0 Å². The van der Waals surface area contributed by atoms with Gasteiger partial charge in [-0.3, -0.25) is 19.3 Å². The molecular weight excluding hydrogens is 536 g/mol. The smallest absolute Gasteiger partial charge is 0.352 e. The molecule has 0 spiro atoms. The summed E-state index contributed by atoms with van der Waals surface area (Å²) in [5.74, 6) is -2.76. The molecule has 0 bridgehead atoms. The average Bonchev–Trinajstić information content (AvgIpc) is 3.51. The van der Waals surface area contributed by atoms with Crippen LogP contribution in [0.1, 0.15) is 16.2 Å². The molecule has 38 heavy (non-hydrogen) atoms. The topological polar surface area (TPSA) is 199 Å². The van der Waals surface area contributed by atoms with E-state index < -0.39 is 35.1 Å². The number of nitrogens with two attached hydrogens (primary N) is 2. The van der Waals surface area contributed by atoms with Crippen LogP contribution in [0, 0.1) is 0 Å². The second-order valence-electron chi connectivity index (χ2n) is 8.29. The molecule has 1 fully saturated rings. The molecule has 5 rings (SSSR count). The fourth-order valence-electron chi connectivity index (χ4n) is 4.33. The lowest BCUT2D eigenvalue weighted by molar-refractivity contribution is -0.688. The molecule has 3 aromatic rings. The maximum atomic E-state index is 13.0. The first-order chi connectivity index (χ1) is 18.2. The Morgan fingerprint density at radius 3 is 2.82 bits per heavy atom. The van der Waals surface area contributed by atoms with Crippen molar-refractivity contribution in [3.63, 3.8) is 0 Å². The number of thiazole rings is 1. The van der Waals surface area contributed by atoms with Gasteiger partial charge in [-0.1, -0.05) is 5.16 Å². The van der Waals surface area contributed by atoms with Gasteiger partial charge in [-0.15, -0.1) is 23.1 Å². The van der Waals surface area contributed by atoms with Gasteiger partial charge < -0.3 is 31.1 Å². The van der Waals surface area contributed by atoms with Crippen LogP contribution in [0.15, 0.2) is 52.5 Å². The summed E-state index contributed by atoms with van der Waals surface area (Å²) in [6.07, 6.45) is 5.09. The monoisotopic (exact) mass is 557 g/mol. The maximum absolute atomic E-state index is 13.0. The molecule has 5 heterocycles. The third-order valence-corrected chi connectivity index (χ3v) is 7.99. The third-order valence-electron chi connectivity index (χ3n) is 5.98. The van der Waals surface area contributed by atoms with Crippen LogP contribution in [0.4, 0.5) is 5.13 Å². The van der Waals surface area contributed by atoms with Crippen LogP contribution < -0.4 is 21.4 Å². The highest BCUT2D eigenvalue weighted by atomic mass is 32.2. The SMILES string of the molecule is CO/N=C(\C(=O)N[C@@H]1C(=O)N2C(C(=O)O)=C(C[n+]3ccn4c(C(N)=O)ccc4c3)CS[C@@H]12)c1csc(N)n1. The zero-order valence-corrected chi connectivity index (χ0v) is 21.4. The van der Waals surface area contributed by atoms with Crippen molar-refractivity contribution in [1.82, 2.24) is 19.6 Å². The van der Waals surface area contributed by atoms with Crippen molar-refractivity contribution in [1.29, 1.82) is 0 Å². The summed E-state index contributed by atoms with van der Waals surface area (Å²) in [7, 11) is 1.27. The molecule has 2 aliphatic heterocycles. The maximum Gasteiger partial charge on any atom is 0.352 e. The van der Waals surface area contributed by atoms with E-state index in [0.717, 1.165) is 11.3 Å². The van der Waals surface area contributed by atoms with Crippen LogP contribution in [0.3, 0.4) is 0 Å². The van der Waals surface area contributed by atoms with Crippen molar-refractivity contribution in [2.24, 2.45) is 10.9 Å². The van der Waals surface area contributed by atoms with Gasteiger partial charge in [0.05, 0.1) is 6.20 Å². The number of thioether (sulfide) groups is 1. The van der Waals surface area contributed by atoms with Gasteiger partial charge >= 0.3 is 5.97 Å². The zero-order chi connectivity index (χ0) is 27.1. The highest BCUT2D eigenvalue weighted by Crippen LogP contribution is 2.40. The molecule has 14 nitrogen and oxygen atoms in total. The minimum atomic E-state index is -1.25. The number of hydrogen-bond donors (Lipinski definition) is 4. The Kier molecular flexibility index (Phi) is 6.50. The number of carbonyl (C=O) groups is 4. The van der Waals surface area contributed by atoms with E-state index in [1.54, 1.807) is 39.7 Å². The molecule has 0 aliphatic carbocycles. The largest absolute Gasteiger partial charge is 0.477 e. The number of nitrogens with zero attached hydrogens (tertiary/aromatic N) is 5. The number of aliphatic carboxylic acids is 1. The quantitative estimate of drug-likeness (QED) is 0.118. The molecule has 3 amide bonds. The van der Waals surface area contributed by atoms with Gasteiger partial charge in [-0.25, -0.2) is 9.78 Å². The number of nitrogen functional groups attached to an aromatic ring is 1. The van der Waals surface area contributed by atoms with Crippen molar-refractivity contribution in [2.75, 3.05) is 18.6 Å². The molecule has 3 aromatic heterocycles. The molecule has 0 saturated carbocycles. The number of aromatic nitrogens is 3. The predicted octanol–water partition coefficient (Wildman–Crippen LogP) is -0.846. The van der Waals surface area contributed by atoms with Gasteiger partial charge in [0.1, 0.15) is 41.1 Å². The second-order valence-corrected chi connectivity index (χ2v) is 10.3. The summed E-state index contributed by atoms with van der Waals surface area (Å²) in [6.45, 7) is 0.200. The summed E-state index contributed by atoms with van der Waals surface area (Å²) in [5, 5.41) is 17.5. The van der Waals surface area contributed by atoms with Gasteiger partial charge in [0, 0.05) is 16.7 Å².